The van der Waals surface area contributed by atoms with Gasteiger partial charge in [-0.1, -0.05) is 84.9 Å². The summed E-state index contributed by atoms with van der Waals surface area (Å²) in [5.41, 5.74) is 12.4. The molecule has 0 bridgehead atoms. The van der Waals surface area contributed by atoms with Gasteiger partial charge in [0.2, 0.25) is 0 Å². The Morgan fingerprint density at radius 3 is 0.929 bits per heavy atom. The van der Waals surface area contributed by atoms with Crippen molar-refractivity contribution < 1.29 is 0 Å². The zero-order chi connectivity index (χ0) is 37.5. The number of aromatic nitrogens is 3. The van der Waals surface area contributed by atoms with E-state index >= 15 is 0 Å². The normalized spacial score (nSPS) is 13.1. The van der Waals surface area contributed by atoms with Crippen molar-refractivity contribution in [3.8, 4) is 78.7 Å². The fourth-order valence-electron chi connectivity index (χ4n) is 7.89. The Hall–Kier alpha value is -6.45. The Labute approximate surface area is 333 Å². The number of nitrogens with zero attached hydrogens (tertiary/aromatic N) is 3. The molecule has 9 aromatic rings. The number of benzene rings is 8. The summed E-state index contributed by atoms with van der Waals surface area (Å²) in [6.45, 7) is -2.38. The molecule has 8 aromatic carbocycles. The van der Waals surface area contributed by atoms with E-state index in [4.69, 9.17) is 27.2 Å². The number of hydrogen-bond donors (Lipinski definition) is 1. The quantitative estimate of drug-likeness (QED) is 0.130. The van der Waals surface area contributed by atoms with E-state index in [9.17, 15) is 0 Å². The summed E-state index contributed by atoms with van der Waals surface area (Å²) in [5, 5.41) is 4.05. The molecule has 10 rings (SSSR count). The molecule has 0 fully saturated rings. The third-order valence-electron chi connectivity index (χ3n) is 10.8. The van der Waals surface area contributed by atoms with Gasteiger partial charge in [-0.25, -0.2) is 15.0 Å². The molecule has 1 aromatic heterocycles. The van der Waals surface area contributed by atoms with Gasteiger partial charge in [0.05, 0.1) is 0 Å². The Kier molecular flexibility index (Phi) is 8.71. The Balaban J connectivity index is 0.914. The van der Waals surface area contributed by atoms with Crippen molar-refractivity contribution in [3.63, 3.8) is 0 Å². The predicted octanol–water partition coefficient (Wildman–Crippen LogP) is 11.7. The van der Waals surface area contributed by atoms with Gasteiger partial charge in [0, 0.05) is 11.1 Å². The van der Waals surface area contributed by atoms with Crippen LogP contribution in [0.3, 0.4) is 0 Å². The SMILES string of the molecule is S[PH]1(c2ccc(-c3ccc(-c4ccc(-c5nc(-c6ccccc6)nc(-c6ccc(-c7ccccc7)cc6)n5)cc4)cc3)cc2)c2ccccc2-c2ccccc21. The molecule has 3 nitrogen and oxygen atoms in total. The summed E-state index contributed by atoms with van der Waals surface area (Å²) >= 11 is 5.52. The molecule has 0 aliphatic carbocycles. The fraction of sp³-hybridized carbons (Fsp3) is 0. The van der Waals surface area contributed by atoms with Crippen LogP contribution in [0.1, 0.15) is 0 Å². The average molecular weight is 754 g/mol. The van der Waals surface area contributed by atoms with Crippen LogP contribution in [-0.2, 0) is 0 Å². The molecule has 0 saturated heterocycles. The summed E-state index contributed by atoms with van der Waals surface area (Å²) in [6.07, 6.45) is 0. The van der Waals surface area contributed by atoms with E-state index in [1.807, 2.05) is 36.4 Å². The van der Waals surface area contributed by atoms with Crippen molar-refractivity contribution in [2.45, 2.75) is 0 Å². The number of rotatable bonds is 7. The zero-order valence-electron chi connectivity index (χ0n) is 30.4. The van der Waals surface area contributed by atoms with Crippen LogP contribution in [0.4, 0.5) is 0 Å². The van der Waals surface area contributed by atoms with E-state index in [-0.39, 0.29) is 0 Å². The number of fused-ring (bicyclic) bond motifs is 3. The topological polar surface area (TPSA) is 38.7 Å². The first kappa shape index (κ1) is 34.1. The molecule has 56 heavy (non-hydrogen) atoms. The zero-order valence-corrected chi connectivity index (χ0v) is 32.3. The van der Waals surface area contributed by atoms with Gasteiger partial charge in [0.25, 0.3) is 0 Å². The van der Waals surface area contributed by atoms with Gasteiger partial charge in [-0.2, -0.15) is 0 Å². The second-order valence-electron chi connectivity index (χ2n) is 14.1. The van der Waals surface area contributed by atoms with Gasteiger partial charge in [-0.3, -0.25) is 0 Å². The number of thiol groups is 1. The summed E-state index contributed by atoms with van der Waals surface area (Å²) in [4.78, 5) is 14.9. The fourth-order valence-corrected chi connectivity index (χ4v) is 13.0. The molecule has 0 spiro atoms. The van der Waals surface area contributed by atoms with Gasteiger partial charge >= 0.3 is 195 Å². The van der Waals surface area contributed by atoms with Crippen molar-refractivity contribution >= 4 is 34.6 Å². The van der Waals surface area contributed by atoms with Gasteiger partial charge in [-0.05, 0) is 11.1 Å². The number of hydrogen-bond acceptors (Lipinski definition) is 4. The van der Waals surface area contributed by atoms with Gasteiger partial charge < -0.3 is 0 Å². The van der Waals surface area contributed by atoms with Gasteiger partial charge in [0.1, 0.15) is 0 Å². The van der Waals surface area contributed by atoms with Crippen LogP contribution < -0.4 is 15.9 Å². The summed E-state index contributed by atoms with van der Waals surface area (Å²) < 4.78 is 0. The van der Waals surface area contributed by atoms with Crippen molar-refractivity contribution in [1.29, 1.82) is 0 Å². The molecule has 0 atom stereocenters. The molecular weight excluding hydrogens is 718 g/mol. The monoisotopic (exact) mass is 753 g/mol. The molecule has 0 unspecified atom stereocenters. The second-order valence-corrected chi connectivity index (χ2v) is 19.2. The standard InChI is InChI=1S/C51H36N3PS/c56-55(47-17-9-7-15-45(47)46-16-8-10-18-48(46)55)44-33-31-40(32-34-44)38-21-19-37(20-22-38)39-25-29-43(30-26-39)51-53-49(41-13-5-2-6-14-41)52-50(54-51)42-27-23-36(24-28-42)35-11-3-1-4-12-35/h1-34,55-56H. The molecule has 266 valence electrons. The van der Waals surface area contributed by atoms with Crippen LogP contribution in [-0.4, -0.2) is 15.0 Å². The Morgan fingerprint density at radius 2 is 0.536 bits per heavy atom. The predicted molar refractivity (Wildman–Crippen MR) is 241 cm³/mol. The second kappa shape index (κ2) is 14.3. The molecule has 0 radical (unpaired) electrons. The molecular formula is C51H36N3PS. The summed E-state index contributed by atoms with van der Waals surface area (Å²) in [7, 11) is 0. The van der Waals surface area contributed by atoms with E-state index in [1.54, 1.807) is 0 Å². The maximum absolute atomic E-state index is 5.52. The van der Waals surface area contributed by atoms with Gasteiger partial charge in [-0.15, -0.1) is 0 Å². The first-order valence-corrected chi connectivity index (χ1v) is 22.1. The minimum atomic E-state index is -2.38. The molecule has 0 amide bonds. The van der Waals surface area contributed by atoms with E-state index in [2.05, 4.69) is 170 Å². The molecule has 1 aliphatic rings. The molecule has 2 heterocycles. The maximum atomic E-state index is 5.52. The van der Waals surface area contributed by atoms with E-state index in [0.29, 0.717) is 17.5 Å². The minimum absolute atomic E-state index is 0.641. The Morgan fingerprint density at radius 1 is 0.268 bits per heavy atom. The molecule has 0 N–H and O–H groups in total. The average Bonchev–Trinajstić information content (AvgIpc) is 3.55. The van der Waals surface area contributed by atoms with Crippen molar-refractivity contribution in [3.05, 3.63) is 206 Å². The molecule has 5 heteroatoms. The first-order valence-electron chi connectivity index (χ1n) is 18.8. The third kappa shape index (κ3) is 6.14. The van der Waals surface area contributed by atoms with Crippen LogP contribution in [0.2, 0.25) is 0 Å². The van der Waals surface area contributed by atoms with Crippen molar-refractivity contribution in [2.75, 3.05) is 0 Å². The van der Waals surface area contributed by atoms with Crippen LogP contribution in [0, 0.1) is 0 Å². The Bertz CT molecular complexity index is 2780. The van der Waals surface area contributed by atoms with E-state index in [0.717, 1.165) is 33.4 Å². The van der Waals surface area contributed by atoms with Crippen LogP contribution >= 0.6 is 18.7 Å². The van der Waals surface area contributed by atoms with Crippen LogP contribution in [0.25, 0.3) is 78.7 Å². The van der Waals surface area contributed by atoms with Crippen molar-refractivity contribution in [2.24, 2.45) is 0 Å². The third-order valence-corrected chi connectivity index (χ3v) is 16.7. The van der Waals surface area contributed by atoms with Crippen LogP contribution in [0.15, 0.2) is 206 Å². The molecule has 1 aliphatic heterocycles. The molecule has 0 saturated carbocycles. The summed E-state index contributed by atoms with van der Waals surface area (Å²) in [6, 6.07) is 72.8. The first-order chi connectivity index (χ1) is 27.6. The summed E-state index contributed by atoms with van der Waals surface area (Å²) in [5.74, 6) is 1.93. The van der Waals surface area contributed by atoms with Crippen molar-refractivity contribution in [1.82, 2.24) is 15.0 Å². The van der Waals surface area contributed by atoms with Gasteiger partial charge in [0.15, 0.2) is 17.5 Å². The van der Waals surface area contributed by atoms with Crippen LogP contribution in [0.5, 0.6) is 0 Å². The van der Waals surface area contributed by atoms with E-state index in [1.165, 1.54) is 43.7 Å². The van der Waals surface area contributed by atoms with E-state index < -0.39 is 6.46 Å².